The number of carbonyl (C=O) groups is 1. The maximum Gasteiger partial charge on any atom is 0.306 e. The van der Waals surface area contributed by atoms with Crippen molar-refractivity contribution >= 4 is 21.7 Å². The zero-order chi connectivity index (χ0) is 13.6. The van der Waals surface area contributed by atoms with Crippen molar-refractivity contribution < 1.29 is 23.1 Å². The van der Waals surface area contributed by atoms with Gasteiger partial charge in [-0.15, -0.1) is 0 Å². The molecule has 0 aromatic heterocycles. The highest BCUT2D eigenvalue weighted by Crippen LogP contribution is 2.15. The van der Waals surface area contributed by atoms with E-state index in [9.17, 15) is 13.2 Å². The molecule has 6 nitrogen and oxygen atoms in total. The van der Waals surface area contributed by atoms with E-state index in [1.807, 2.05) is 0 Å². The van der Waals surface area contributed by atoms with Gasteiger partial charge in [0.15, 0.2) is 0 Å². The van der Waals surface area contributed by atoms with Crippen LogP contribution >= 0.6 is 0 Å². The minimum absolute atomic E-state index is 0.0458. The molecule has 0 saturated carbocycles. The molecule has 0 radical (unpaired) electrons. The Bertz CT molecular complexity index is 495. The van der Waals surface area contributed by atoms with Crippen molar-refractivity contribution in [2.75, 3.05) is 17.1 Å². The number of phenolic OH excluding ortho intramolecular Hbond substituents is 1. The van der Waals surface area contributed by atoms with E-state index in [4.69, 9.17) is 5.11 Å². The number of benzene rings is 1. The summed E-state index contributed by atoms with van der Waals surface area (Å²) in [6.45, 7) is 1.88. The number of anilines is 1. The molecular weight excluding hydrogens is 258 g/mol. The number of hydrogen-bond donors (Lipinski definition) is 2. The van der Waals surface area contributed by atoms with Gasteiger partial charge in [0, 0.05) is 5.69 Å². The molecule has 1 rings (SSSR count). The molecule has 18 heavy (non-hydrogen) atoms. The molecule has 1 aromatic rings. The zero-order valence-corrected chi connectivity index (χ0v) is 10.7. The third-order valence-electron chi connectivity index (χ3n) is 2.02. The summed E-state index contributed by atoms with van der Waals surface area (Å²) >= 11 is 0. The minimum Gasteiger partial charge on any atom is -0.508 e. The Hall–Kier alpha value is -1.76. The van der Waals surface area contributed by atoms with Crippen molar-refractivity contribution in [1.82, 2.24) is 0 Å². The van der Waals surface area contributed by atoms with Crippen molar-refractivity contribution in [3.05, 3.63) is 24.3 Å². The number of nitrogens with one attached hydrogen (secondary N) is 1. The number of aromatic hydroxyl groups is 1. The highest BCUT2D eigenvalue weighted by molar-refractivity contribution is 7.92. The highest BCUT2D eigenvalue weighted by Gasteiger charge is 2.13. The third-order valence-corrected chi connectivity index (χ3v) is 3.31. The lowest BCUT2D eigenvalue weighted by Gasteiger charge is -2.07. The largest absolute Gasteiger partial charge is 0.508 e. The summed E-state index contributed by atoms with van der Waals surface area (Å²) < 4.78 is 30.2. The second kappa shape index (κ2) is 6.25. The van der Waals surface area contributed by atoms with Gasteiger partial charge in [0.2, 0.25) is 10.0 Å². The topological polar surface area (TPSA) is 92.7 Å². The average Bonchev–Trinajstić information content (AvgIpc) is 2.30. The second-order valence-electron chi connectivity index (χ2n) is 3.52. The molecular formula is C11H15NO5S. The fraction of sp³-hybridized carbons (Fsp3) is 0.364. The quantitative estimate of drug-likeness (QED) is 0.598. The van der Waals surface area contributed by atoms with Gasteiger partial charge in [-0.3, -0.25) is 9.52 Å². The lowest BCUT2D eigenvalue weighted by Crippen LogP contribution is -2.19. The first-order valence-corrected chi connectivity index (χ1v) is 7.03. The van der Waals surface area contributed by atoms with E-state index in [1.165, 1.54) is 24.3 Å². The number of ether oxygens (including phenoxy) is 1. The van der Waals surface area contributed by atoms with Gasteiger partial charge in [-0.2, -0.15) is 0 Å². The summed E-state index contributed by atoms with van der Waals surface area (Å²) in [6.07, 6.45) is -0.193. The average molecular weight is 273 g/mol. The van der Waals surface area contributed by atoms with Gasteiger partial charge in [-0.25, -0.2) is 8.42 Å². The van der Waals surface area contributed by atoms with Crippen LogP contribution in [0.1, 0.15) is 13.3 Å². The van der Waals surface area contributed by atoms with Crippen molar-refractivity contribution in [3.8, 4) is 5.75 Å². The first-order valence-electron chi connectivity index (χ1n) is 5.38. The molecule has 0 bridgehead atoms. The van der Waals surface area contributed by atoms with Gasteiger partial charge >= 0.3 is 5.97 Å². The van der Waals surface area contributed by atoms with Crippen molar-refractivity contribution in [2.45, 2.75) is 13.3 Å². The lowest BCUT2D eigenvalue weighted by molar-refractivity contribution is -0.142. The van der Waals surface area contributed by atoms with Crippen LogP contribution in [0.5, 0.6) is 5.75 Å². The van der Waals surface area contributed by atoms with E-state index in [0.29, 0.717) is 5.69 Å². The Morgan fingerprint density at radius 2 is 1.94 bits per heavy atom. The van der Waals surface area contributed by atoms with Crippen molar-refractivity contribution in [2.24, 2.45) is 0 Å². The lowest BCUT2D eigenvalue weighted by atomic mass is 10.3. The molecule has 100 valence electrons. The third kappa shape index (κ3) is 5.05. The summed E-state index contributed by atoms with van der Waals surface area (Å²) in [5.41, 5.74) is 0.330. The predicted octanol–water partition coefficient (Wildman–Crippen LogP) is 1.09. The van der Waals surface area contributed by atoms with Crippen LogP contribution in [0, 0.1) is 0 Å². The molecule has 1 aromatic carbocycles. The molecule has 0 amide bonds. The summed E-state index contributed by atoms with van der Waals surface area (Å²) in [5.74, 6) is -0.842. The molecule has 0 atom stereocenters. The van der Waals surface area contributed by atoms with E-state index >= 15 is 0 Å². The van der Waals surface area contributed by atoms with Gasteiger partial charge in [-0.1, -0.05) is 0 Å². The number of carbonyl (C=O) groups excluding carboxylic acids is 1. The summed E-state index contributed by atoms with van der Waals surface area (Å²) in [7, 11) is -3.59. The molecule has 0 saturated heterocycles. The monoisotopic (exact) mass is 273 g/mol. The summed E-state index contributed by atoms with van der Waals surface area (Å²) in [5, 5.41) is 9.05. The number of rotatable bonds is 6. The molecule has 0 aliphatic heterocycles. The highest BCUT2D eigenvalue weighted by atomic mass is 32.2. The fourth-order valence-corrected chi connectivity index (χ4v) is 2.24. The van der Waals surface area contributed by atoms with Crippen LogP contribution in [-0.4, -0.2) is 31.9 Å². The Labute approximate surface area is 106 Å². The maximum absolute atomic E-state index is 11.6. The van der Waals surface area contributed by atoms with E-state index in [0.717, 1.165) is 0 Å². The van der Waals surface area contributed by atoms with Crippen LogP contribution < -0.4 is 4.72 Å². The Kier molecular flexibility index (Phi) is 4.96. The summed E-state index contributed by atoms with van der Waals surface area (Å²) in [4.78, 5) is 11.0. The summed E-state index contributed by atoms with van der Waals surface area (Å²) in [6, 6.07) is 5.58. The molecule has 0 heterocycles. The predicted molar refractivity (Wildman–Crippen MR) is 66.8 cm³/mol. The SMILES string of the molecule is CCOC(=O)CCS(=O)(=O)Nc1ccc(O)cc1. The Balaban J connectivity index is 2.54. The molecule has 0 unspecified atom stereocenters. The van der Waals surface area contributed by atoms with Crippen molar-refractivity contribution in [1.29, 1.82) is 0 Å². The number of esters is 1. The van der Waals surface area contributed by atoms with Gasteiger partial charge in [-0.05, 0) is 31.2 Å². The number of phenols is 1. The normalized spacial score (nSPS) is 10.9. The van der Waals surface area contributed by atoms with Crippen molar-refractivity contribution in [3.63, 3.8) is 0 Å². The molecule has 0 aliphatic carbocycles. The maximum atomic E-state index is 11.6. The molecule has 7 heteroatoms. The Morgan fingerprint density at radius 1 is 1.33 bits per heavy atom. The van der Waals surface area contributed by atoms with E-state index in [2.05, 4.69) is 9.46 Å². The van der Waals surface area contributed by atoms with Gasteiger partial charge in [0.05, 0.1) is 18.8 Å². The zero-order valence-electron chi connectivity index (χ0n) is 9.92. The standard InChI is InChI=1S/C11H15NO5S/c1-2-17-11(14)7-8-18(15,16)12-9-3-5-10(13)6-4-9/h3-6,12-13H,2,7-8H2,1H3. The van der Waals surface area contributed by atoms with Gasteiger partial charge in [0.1, 0.15) is 5.75 Å². The van der Waals surface area contributed by atoms with Crippen LogP contribution in [0.3, 0.4) is 0 Å². The van der Waals surface area contributed by atoms with E-state index in [-0.39, 0.29) is 24.5 Å². The van der Waals surface area contributed by atoms with Crippen LogP contribution in [0.2, 0.25) is 0 Å². The van der Waals surface area contributed by atoms with E-state index in [1.54, 1.807) is 6.92 Å². The fourth-order valence-electron chi connectivity index (χ4n) is 1.21. The number of hydrogen-bond acceptors (Lipinski definition) is 5. The Morgan fingerprint density at radius 3 is 2.50 bits per heavy atom. The second-order valence-corrected chi connectivity index (χ2v) is 5.36. The van der Waals surface area contributed by atoms with Crippen LogP contribution in [0.15, 0.2) is 24.3 Å². The molecule has 0 aliphatic rings. The first kappa shape index (κ1) is 14.3. The first-order chi connectivity index (χ1) is 8.43. The van der Waals surface area contributed by atoms with Crippen LogP contribution in [-0.2, 0) is 19.6 Å². The minimum atomic E-state index is -3.59. The smallest absolute Gasteiger partial charge is 0.306 e. The molecule has 2 N–H and O–H groups in total. The number of sulfonamides is 1. The van der Waals surface area contributed by atoms with E-state index < -0.39 is 16.0 Å². The molecule has 0 fully saturated rings. The van der Waals surface area contributed by atoms with Gasteiger partial charge in [0.25, 0.3) is 0 Å². The van der Waals surface area contributed by atoms with Gasteiger partial charge < -0.3 is 9.84 Å². The van der Waals surface area contributed by atoms with Crippen LogP contribution in [0.4, 0.5) is 5.69 Å². The van der Waals surface area contributed by atoms with Crippen LogP contribution in [0.25, 0.3) is 0 Å². The molecule has 0 spiro atoms.